The number of nitrogens with zero attached hydrogens (tertiary/aromatic N) is 1. The van der Waals surface area contributed by atoms with Crippen LogP contribution in [0, 0.1) is 5.41 Å². The highest BCUT2D eigenvalue weighted by Crippen LogP contribution is 2.50. The number of ether oxygens (including phenoxy) is 2. The summed E-state index contributed by atoms with van der Waals surface area (Å²) in [6.07, 6.45) is 8.37. The van der Waals surface area contributed by atoms with Gasteiger partial charge in [-0.15, -0.1) is 23.5 Å². The highest BCUT2D eigenvalue weighted by atomic mass is 32.2. The van der Waals surface area contributed by atoms with E-state index in [9.17, 15) is 9.90 Å². The van der Waals surface area contributed by atoms with Gasteiger partial charge in [0, 0.05) is 30.0 Å². The first kappa shape index (κ1) is 27.8. The van der Waals surface area contributed by atoms with Crippen LogP contribution in [0.3, 0.4) is 0 Å². The van der Waals surface area contributed by atoms with Crippen LogP contribution in [0.4, 0.5) is 11.4 Å². The summed E-state index contributed by atoms with van der Waals surface area (Å²) >= 11 is 3.54. The van der Waals surface area contributed by atoms with Gasteiger partial charge in [-0.2, -0.15) is 0 Å². The molecule has 7 heteroatoms. The molecule has 0 spiro atoms. The van der Waals surface area contributed by atoms with Gasteiger partial charge < -0.3 is 19.5 Å². The Kier molecular flexibility index (Phi) is 10.7. The molecule has 0 saturated heterocycles. The van der Waals surface area contributed by atoms with Crippen LogP contribution in [0.5, 0.6) is 5.75 Å². The molecule has 0 saturated carbocycles. The van der Waals surface area contributed by atoms with Crippen LogP contribution in [-0.2, 0) is 9.53 Å². The van der Waals surface area contributed by atoms with E-state index >= 15 is 0 Å². The largest absolute Gasteiger partial charge is 0.489 e. The number of carbonyl (C=O) groups is 1. The van der Waals surface area contributed by atoms with Crippen LogP contribution in [0.2, 0.25) is 0 Å². The fourth-order valence-corrected chi connectivity index (χ4v) is 6.50. The molecule has 0 aliphatic carbocycles. The maximum absolute atomic E-state index is 11.4. The number of para-hydroxylation sites is 1. The third kappa shape index (κ3) is 7.11. The monoisotopic (exact) mass is 517 g/mol. The van der Waals surface area contributed by atoms with Crippen molar-refractivity contribution >= 4 is 40.9 Å². The second-order valence-corrected chi connectivity index (χ2v) is 11.1. The normalized spacial score (nSPS) is 15.8. The van der Waals surface area contributed by atoms with E-state index in [4.69, 9.17) is 9.47 Å². The van der Waals surface area contributed by atoms with Crippen molar-refractivity contribution in [3.8, 4) is 5.75 Å². The number of carboxylic acid groups (broad SMARTS) is 1. The summed E-state index contributed by atoms with van der Waals surface area (Å²) in [7, 11) is 1.40. The van der Waals surface area contributed by atoms with Crippen LogP contribution in [-0.4, -0.2) is 49.4 Å². The number of fused-ring (bicyclic) bond motifs is 1. The van der Waals surface area contributed by atoms with Crippen LogP contribution < -0.4 is 9.64 Å². The molecule has 1 aliphatic heterocycles. The average molecular weight is 518 g/mol. The molecule has 2 aromatic rings. The summed E-state index contributed by atoms with van der Waals surface area (Å²) in [5.41, 5.74) is 2.64. The summed E-state index contributed by atoms with van der Waals surface area (Å²) in [5, 5.41) is 9.35. The molecule has 3 rings (SSSR count). The Morgan fingerprint density at radius 1 is 1.17 bits per heavy atom. The molecule has 0 bridgehead atoms. The second-order valence-electron chi connectivity index (χ2n) is 9.26. The Hall–Kier alpha value is -1.83. The molecule has 0 amide bonds. The maximum atomic E-state index is 11.4. The lowest BCUT2D eigenvalue weighted by molar-refractivity contribution is -0.150. The zero-order valence-electron chi connectivity index (χ0n) is 21.4. The minimum Gasteiger partial charge on any atom is -0.489 e. The van der Waals surface area contributed by atoms with Gasteiger partial charge in [-0.1, -0.05) is 57.7 Å². The molecule has 1 atom stereocenters. The number of aliphatic carboxylic acids is 1. The predicted molar refractivity (Wildman–Crippen MR) is 148 cm³/mol. The number of rotatable bonds is 13. The molecule has 1 heterocycles. The fraction of sp³-hybridized carbons (Fsp3) is 0.536. The molecule has 35 heavy (non-hydrogen) atoms. The number of methoxy groups -OCH3 is 1. The van der Waals surface area contributed by atoms with E-state index < -0.39 is 12.1 Å². The first-order valence-corrected chi connectivity index (χ1v) is 14.7. The molecule has 5 nitrogen and oxygen atoms in total. The lowest BCUT2D eigenvalue weighted by Crippen LogP contribution is -2.36. The number of thioether (sulfide) groups is 2. The van der Waals surface area contributed by atoms with Gasteiger partial charge in [0.25, 0.3) is 0 Å². The summed E-state index contributed by atoms with van der Waals surface area (Å²) < 4.78 is 11.1. The molecule has 2 aromatic carbocycles. The van der Waals surface area contributed by atoms with Gasteiger partial charge in [0.1, 0.15) is 12.4 Å². The first-order valence-electron chi connectivity index (χ1n) is 12.5. The van der Waals surface area contributed by atoms with E-state index in [1.807, 2.05) is 18.0 Å². The molecular weight excluding hydrogens is 478 g/mol. The Labute approximate surface area is 219 Å². The van der Waals surface area contributed by atoms with E-state index in [2.05, 4.69) is 61.2 Å². The number of benzene rings is 2. The molecular formula is C28H39NO4S2. The van der Waals surface area contributed by atoms with Gasteiger partial charge in [-0.3, -0.25) is 0 Å². The Morgan fingerprint density at radius 2 is 1.86 bits per heavy atom. The average Bonchev–Trinajstić information content (AvgIpc) is 3.03. The maximum Gasteiger partial charge on any atom is 0.336 e. The minimum atomic E-state index is -1.02. The lowest BCUT2D eigenvalue weighted by Gasteiger charge is -2.37. The number of hydrogen-bond acceptors (Lipinski definition) is 6. The topological polar surface area (TPSA) is 59.0 Å². The van der Waals surface area contributed by atoms with Crippen molar-refractivity contribution in [2.24, 2.45) is 5.41 Å². The van der Waals surface area contributed by atoms with Gasteiger partial charge in [0.15, 0.2) is 6.10 Å². The summed E-state index contributed by atoms with van der Waals surface area (Å²) in [6, 6.07) is 15.0. The van der Waals surface area contributed by atoms with Crippen LogP contribution in [0.15, 0.2) is 52.3 Å². The molecule has 0 aromatic heterocycles. The van der Waals surface area contributed by atoms with E-state index in [-0.39, 0.29) is 12.0 Å². The highest BCUT2D eigenvalue weighted by molar-refractivity contribution is 7.99. The van der Waals surface area contributed by atoms with Crippen molar-refractivity contribution in [2.75, 3.05) is 37.2 Å². The van der Waals surface area contributed by atoms with Crippen molar-refractivity contribution in [3.05, 3.63) is 42.5 Å². The fourth-order valence-electron chi connectivity index (χ4n) is 4.60. The number of anilines is 2. The predicted octanol–water partition coefficient (Wildman–Crippen LogP) is 7.50. The molecule has 0 fully saturated rings. The summed E-state index contributed by atoms with van der Waals surface area (Å²) in [4.78, 5) is 16.1. The van der Waals surface area contributed by atoms with E-state index in [1.165, 1.54) is 61.9 Å². The molecule has 192 valence electrons. The zero-order chi connectivity index (χ0) is 25.3. The van der Waals surface area contributed by atoms with E-state index in [0.29, 0.717) is 0 Å². The standard InChI is InChI=1S/C28H39NO4S2/c1-5-7-14-28(15-8-6-2)19-29(21-12-10-9-11-13-21)22-16-26(34-4)23(17-25(22)35-20-28)33-18-24(32-3)27(30)31/h9-13,16-17,24H,5-8,14-15,18-20H2,1-4H3,(H,30,31). The third-order valence-corrected chi connectivity index (χ3v) is 8.86. The van der Waals surface area contributed by atoms with Gasteiger partial charge >= 0.3 is 5.97 Å². The summed E-state index contributed by atoms with van der Waals surface area (Å²) in [6.45, 7) is 5.53. The van der Waals surface area contributed by atoms with Crippen molar-refractivity contribution in [3.63, 3.8) is 0 Å². The smallest absolute Gasteiger partial charge is 0.336 e. The number of hydrogen-bond donors (Lipinski definition) is 1. The lowest BCUT2D eigenvalue weighted by atomic mass is 9.79. The number of carboxylic acids is 1. The van der Waals surface area contributed by atoms with Crippen molar-refractivity contribution in [1.82, 2.24) is 0 Å². The Bertz CT molecular complexity index is 945. The molecule has 0 radical (unpaired) electrons. The zero-order valence-corrected chi connectivity index (χ0v) is 23.1. The van der Waals surface area contributed by atoms with Crippen LogP contribution in [0.1, 0.15) is 52.4 Å². The quantitative estimate of drug-likeness (QED) is 0.276. The Balaban J connectivity index is 2.03. The van der Waals surface area contributed by atoms with Gasteiger partial charge in [-0.25, -0.2) is 4.79 Å². The Morgan fingerprint density at radius 3 is 2.43 bits per heavy atom. The minimum absolute atomic E-state index is 0.0256. The van der Waals surface area contributed by atoms with E-state index in [1.54, 1.807) is 11.8 Å². The van der Waals surface area contributed by atoms with Gasteiger partial charge in [0.2, 0.25) is 0 Å². The second kappa shape index (κ2) is 13.5. The molecule has 1 unspecified atom stereocenters. The first-order chi connectivity index (χ1) is 17.0. The SMILES string of the molecule is CCCCC1(CCCC)CSc2cc(OCC(OC)C(=O)O)c(SC)cc2N(c2ccccc2)C1. The van der Waals surface area contributed by atoms with Crippen LogP contribution in [0.25, 0.3) is 0 Å². The van der Waals surface area contributed by atoms with Crippen molar-refractivity contribution in [2.45, 2.75) is 68.3 Å². The van der Waals surface area contributed by atoms with E-state index in [0.717, 1.165) is 22.9 Å². The van der Waals surface area contributed by atoms with Crippen molar-refractivity contribution < 1.29 is 19.4 Å². The number of unbranched alkanes of at least 4 members (excludes halogenated alkanes) is 2. The summed E-state index contributed by atoms with van der Waals surface area (Å²) in [5.74, 6) is 0.765. The van der Waals surface area contributed by atoms with Gasteiger partial charge in [-0.05, 0) is 48.8 Å². The third-order valence-electron chi connectivity index (χ3n) is 6.70. The molecule has 1 N–H and O–H groups in total. The van der Waals surface area contributed by atoms with Crippen LogP contribution >= 0.6 is 23.5 Å². The van der Waals surface area contributed by atoms with Gasteiger partial charge in [0.05, 0.1) is 10.6 Å². The highest BCUT2D eigenvalue weighted by Gasteiger charge is 2.36. The molecule has 1 aliphatic rings. The van der Waals surface area contributed by atoms with Crippen molar-refractivity contribution in [1.29, 1.82) is 0 Å².